The van der Waals surface area contributed by atoms with Gasteiger partial charge in [0.2, 0.25) is 0 Å². The quantitative estimate of drug-likeness (QED) is 0.474. The monoisotopic (exact) mass is 456 g/mol. The van der Waals surface area contributed by atoms with Crippen molar-refractivity contribution in [3.63, 3.8) is 0 Å². The van der Waals surface area contributed by atoms with Gasteiger partial charge in [0.05, 0.1) is 13.1 Å². The molecule has 32 heavy (non-hydrogen) atoms. The van der Waals surface area contributed by atoms with Crippen LogP contribution in [0.4, 0.5) is 0 Å². The van der Waals surface area contributed by atoms with Crippen LogP contribution in [0, 0.1) is 11.8 Å². The topological polar surface area (TPSA) is 55.8 Å². The Morgan fingerprint density at radius 3 is 2.50 bits per heavy atom. The van der Waals surface area contributed by atoms with E-state index in [1.165, 1.54) is 11.3 Å². The van der Waals surface area contributed by atoms with Crippen molar-refractivity contribution in [2.45, 2.75) is 50.2 Å². The number of fused-ring (bicyclic) bond motifs is 3. The summed E-state index contributed by atoms with van der Waals surface area (Å²) < 4.78 is 13.1. The van der Waals surface area contributed by atoms with Crippen molar-refractivity contribution < 1.29 is 23.9 Å². The van der Waals surface area contributed by atoms with Gasteiger partial charge in [-0.2, -0.15) is 0 Å². The number of thiophene rings is 1. The fraction of sp³-hybridized carbons (Fsp3) is 0.577. The summed E-state index contributed by atoms with van der Waals surface area (Å²) in [4.78, 5) is 14.2. The Bertz CT molecular complexity index is 888. The molecule has 1 N–H and O–H groups in total. The molecular formula is C26H34NO4S+. The summed E-state index contributed by atoms with van der Waals surface area (Å²) >= 11 is 1.46. The highest BCUT2D eigenvalue weighted by atomic mass is 32.1. The molecule has 6 rings (SSSR count). The smallest absolute Gasteiger partial charge is 0.344 e. The number of quaternary nitrogens is 1. The van der Waals surface area contributed by atoms with Gasteiger partial charge in [0.25, 0.3) is 0 Å². The first-order chi connectivity index (χ1) is 15.6. The van der Waals surface area contributed by atoms with E-state index in [0.29, 0.717) is 12.5 Å². The number of para-hydroxylation sites is 1. The van der Waals surface area contributed by atoms with E-state index in [9.17, 15) is 9.90 Å². The Morgan fingerprint density at radius 2 is 1.81 bits per heavy atom. The number of benzene rings is 1. The lowest BCUT2D eigenvalue weighted by molar-refractivity contribution is -0.946. The predicted molar refractivity (Wildman–Crippen MR) is 124 cm³/mol. The van der Waals surface area contributed by atoms with Crippen molar-refractivity contribution in [1.82, 2.24) is 0 Å². The molecule has 6 heteroatoms. The van der Waals surface area contributed by atoms with Crippen LogP contribution in [0.1, 0.15) is 43.4 Å². The summed E-state index contributed by atoms with van der Waals surface area (Å²) in [6.07, 6.45) is 5.93. The third-order valence-electron chi connectivity index (χ3n) is 8.03. The minimum absolute atomic E-state index is 0.0443. The average molecular weight is 457 g/mol. The van der Waals surface area contributed by atoms with Crippen LogP contribution in [0.25, 0.3) is 0 Å². The molecule has 1 aromatic carbocycles. The van der Waals surface area contributed by atoms with Crippen molar-refractivity contribution in [1.29, 1.82) is 0 Å². The zero-order valence-corrected chi connectivity index (χ0v) is 19.5. The van der Waals surface area contributed by atoms with Crippen molar-refractivity contribution in [3.05, 3.63) is 52.7 Å². The van der Waals surface area contributed by atoms with Gasteiger partial charge in [0, 0.05) is 29.6 Å². The maximum atomic E-state index is 13.5. The molecule has 2 atom stereocenters. The second kappa shape index (κ2) is 9.16. The number of esters is 1. The third-order valence-corrected chi connectivity index (χ3v) is 9.03. The summed E-state index contributed by atoms with van der Waals surface area (Å²) in [5.41, 5.74) is -1.50. The number of nitrogens with zero attached hydrogens (tertiary/aromatic N) is 1. The van der Waals surface area contributed by atoms with Crippen LogP contribution < -0.4 is 4.74 Å². The van der Waals surface area contributed by atoms with Crippen molar-refractivity contribution >= 4 is 17.3 Å². The Kier molecular flexibility index (Phi) is 6.28. The molecule has 0 unspecified atom stereocenters. The molecule has 0 radical (unpaired) electrons. The van der Waals surface area contributed by atoms with Crippen LogP contribution in [0.2, 0.25) is 0 Å². The Labute approximate surface area is 194 Å². The van der Waals surface area contributed by atoms with Crippen LogP contribution in [0.5, 0.6) is 5.75 Å². The minimum Gasteiger partial charge on any atom is -0.488 e. The number of rotatable bonds is 8. The summed E-state index contributed by atoms with van der Waals surface area (Å²) in [7, 11) is 0. The third kappa shape index (κ3) is 4.20. The number of aliphatic hydroxyl groups is 1. The fourth-order valence-corrected chi connectivity index (χ4v) is 6.97. The number of hydrogen-bond acceptors (Lipinski definition) is 5. The van der Waals surface area contributed by atoms with Gasteiger partial charge in [0.15, 0.2) is 11.7 Å². The average Bonchev–Trinajstić information content (AvgIpc) is 3.55. The molecule has 2 bridgehead atoms. The first-order valence-electron chi connectivity index (χ1n) is 12.1. The highest BCUT2D eigenvalue weighted by molar-refractivity contribution is 7.10. The van der Waals surface area contributed by atoms with E-state index in [1.807, 2.05) is 47.8 Å². The molecule has 4 aliphatic rings. The molecule has 2 aromatic rings. The van der Waals surface area contributed by atoms with Gasteiger partial charge in [-0.1, -0.05) is 37.1 Å². The van der Waals surface area contributed by atoms with Gasteiger partial charge in [-0.05, 0) is 36.4 Å². The van der Waals surface area contributed by atoms with Crippen molar-refractivity contribution in [2.75, 3.05) is 32.8 Å². The SMILES string of the molecule is O=C(O[C@H]1C[N+]2(CCOc3ccccc3)CCC1CC2)[C@@](O)(c1cccs1)C1CCCC1. The molecule has 1 aliphatic carbocycles. The van der Waals surface area contributed by atoms with Gasteiger partial charge in [-0.15, -0.1) is 11.3 Å². The first kappa shape index (κ1) is 21.9. The van der Waals surface area contributed by atoms with E-state index >= 15 is 0 Å². The summed E-state index contributed by atoms with van der Waals surface area (Å²) in [6.45, 7) is 4.66. The highest BCUT2D eigenvalue weighted by Gasteiger charge is 2.53. The van der Waals surface area contributed by atoms with E-state index < -0.39 is 11.6 Å². The molecule has 3 saturated heterocycles. The normalized spacial score (nSPS) is 29.5. The van der Waals surface area contributed by atoms with Crippen LogP contribution in [0.3, 0.4) is 0 Å². The standard InChI is InChI=1S/C26H34NO4S/c28-25(26(29,21-7-4-5-8-21)24-11-6-18-32-24)31-23-19-27(14-12-20(23)13-15-27)16-17-30-22-9-2-1-3-10-22/h1-3,6,9-11,18,20-21,23,29H,4-5,7-8,12-17,19H2/q+1/t20?,23-,26-,27?/m0/s1. The fourth-order valence-electron chi connectivity index (χ4n) is 6.08. The summed E-state index contributed by atoms with van der Waals surface area (Å²) in [5, 5.41) is 13.6. The maximum absolute atomic E-state index is 13.5. The van der Waals surface area contributed by atoms with Crippen molar-refractivity contribution in [2.24, 2.45) is 11.8 Å². The molecule has 3 aliphatic heterocycles. The van der Waals surface area contributed by atoms with E-state index in [1.54, 1.807) is 0 Å². The minimum atomic E-state index is -1.50. The van der Waals surface area contributed by atoms with E-state index in [-0.39, 0.29) is 12.0 Å². The van der Waals surface area contributed by atoms with Gasteiger partial charge in [0.1, 0.15) is 25.4 Å². The summed E-state index contributed by atoms with van der Waals surface area (Å²) in [5.74, 6) is 0.838. The van der Waals surface area contributed by atoms with Gasteiger partial charge in [-0.3, -0.25) is 0 Å². The van der Waals surface area contributed by atoms with E-state index in [2.05, 4.69) is 0 Å². The first-order valence-corrected chi connectivity index (χ1v) is 13.0. The number of carbonyl (C=O) groups excluding carboxylic acids is 1. The van der Waals surface area contributed by atoms with E-state index in [4.69, 9.17) is 9.47 Å². The summed E-state index contributed by atoms with van der Waals surface area (Å²) in [6, 6.07) is 13.7. The molecule has 4 heterocycles. The van der Waals surface area contributed by atoms with Crippen molar-refractivity contribution in [3.8, 4) is 5.75 Å². The molecule has 0 spiro atoms. The lowest BCUT2D eigenvalue weighted by Gasteiger charge is -2.52. The van der Waals surface area contributed by atoms with Crippen LogP contribution >= 0.6 is 11.3 Å². The second-order valence-electron chi connectivity index (χ2n) is 9.86. The molecule has 1 saturated carbocycles. The van der Waals surface area contributed by atoms with Crippen LogP contribution in [-0.4, -0.2) is 54.4 Å². The maximum Gasteiger partial charge on any atom is 0.344 e. The number of ether oxygens (including phenoxy) is 2. The molecule has 0 amide bonds. The highest BCUT2D eigenvalue weighted by Crippen LogP contribution is 2.44. The molecule has 1 aromatic heterocycles. The van der Waals surface area contributed by atoms with E-state index in [0.717, 1.165) is 79.8 Å². The molecule has 5 nitrogen and oxygen atoms in total. The zero-order valence-electron chi connectivity index (χ0n) is 18.7. The zero-order chi connectivity index (χ0) is 22.0. The Morgan fingerprint density at radius 1 is 1.06 bits per heavy atom. The lowest BCUT2D eigenvalue weighted by Crippen LogP contribution is -2.65. The van der Waals surface area contributed by atoms with Crippen LogP contribution in [-0.2, 0) is 15.1 Å². The van der Waals surface area contributed by atoms with Crippen LogP contribution in [0.15, 0.2) is 47.8 Å². The molecular weight excluding hydrogens is 422 g/mol. The Hall–Kier alpha value is -1.89. The second-order valence-corrected chi connectivity index (χ2v) is 10.8. The van der Waals surface area contributed by atoms with Gasteiger partial charge < -0.3 is 19.1 Å². The lowest BCUT2D eigenvalue weighted by atomic mass is 9.82. The predicted octanol–water partition coefficient (Wildman–Crippen LogP) is 4.36. The number of hydrogen-bond donors (Lipinski definition) is 1. The molecule has 172 valence electrons. The van der Waals surface area contributed by atoms with Gasteiger partial charge >= 0.3 is 5.97 Å². The number of piperidine rings is 3. The molecule has 4 fully saturated rings. The largest absolute Gasteiger partial charge is 0.488 e. The van der Waals surface area contributed by atoms with Gasteiger partial charge in [-0.25, -0.2) is 4.79 Å². The Balaban J connectivity index is 1.26. The number of carbonyl (C=O) groups is 1.